The summed E-state index contributed by atoms with van der Waals surface area (Å²) in [6.07, 6.45) is 3.20. The summed E-state index contributed by atoms with van der Waals surface area (Å²) in [7, 11) is 0. The number of nitrogens with two attached hydrogens (primary N) is 1. The first kappa shape index (κ1) is 12.5. The van der Waals surface area contributed by atoms with Gasteiger partial charge in [-0.3, -0.25) is 0 Å². The molecule has 2 N–H and O–H groups in total. The van der Waals surface area contributed by atoms with Crippen molar-refractivity contribution in [3.63, 3.8) is 0 Å². The second-order valence-corrected chi connectivity index (χ2v) is 4.38. The Morgan fingerprint density at radius 1 is 1.23 bits per heavy atom. The molecule has 0 saturated carbocycles. The second kappa shape index (κ2) is 6.01. The molecule has 0 aliphatic heterocycles. The molecule has 1 heteroatoms. The minimum Gasteiger partial charge on any atom is -0.324 e. The Kier molecular flexibility index (Phi) is 5.77. The van der Waals surface area contributed by atoms with Gasteiger partial charge in [-0.15, -0.1) is 5.73 Å². The highest BCUT2D eigenvalue weighted by Gasteiger charge is 2.06. The van der Waals surface area contributed by atoms with Gasteiger partial charge in [-0.2, -0.15) is 0 Å². The fraction of sp³-hybridized carbons (Fsp3) is 0.750. The highest BCUT2D eigenvalue weighted by atomic mass is 14.6. The molecule has 1 nitrogen and oxygen atoms in total. The molecule has 1 unspecified atom stereocenters. The Hall–Kier alpha value is -0.520. The highest BCUT2D eigenvalue weighted by molar-refractivity contribution is 5.10. The lowest BCUT2D eigenvalue weighted by atomic mass is 9.98. The van der Waals surface area contributed by atoms with E-state index in [-0.39, 0.29) is 6.04 Å². The smallest absolute Gasteiger partial charge is 0.0303 e. The van der Waals surface area contributed by atoms with Crippen molar-refractivity contribution in [3.8, 4) is 0 Å². The van der Waals surface area contributed by atoms with E-state index in [1.165, 1.54) is 5.57 Å². The zero-order valence-electron chi connectivity index (χ0n) is 9.59. The van der Waals surface area contributed by atoms with E-state index in [0.29, 0.717) is 11.8 Å². The zero-order valence-corrected chi connectivity index (χ0v) is 9.59. The van der Waals surface area contributed by atoms with Gasteiger partial charge in [0, 0.05) is 6.04 Å². The van der Waals surface area contributed by atoms with Gasteiger partial charge in [-0.05, 0) is 36.8 Å². The van der Waals surface area contributed by atoms with Gasteiger partial charge < -0.3 is 5.73 Å². The first-order valence-electron chi connectivity index (χ1n) is 5.15. The van der Waals surface area contributed by atoms with Crippen molar-refractivity contribution >= 4 is 0 Å². The number of rotatable bonds is 4. The van der Waals surface area contributed by atoms with Crippen LogP contribution < -0.4 is 5.73 Å². The van der Waals surface area contributed by atoms with E-state index < -0.39 is 0 Å². The Morgan fingerprint density at radius 2 is 1.77 bits per heavy atom. The van der Waals surface area contributed by atoms with Gasteiger partial charge in [0.05, 0.1) is 0 Å². The maximum Gasteiger partial charge on any atom is 0.0303 e. The highest BCUT2D eigenvalue weighted by Crippen LogP contribution is 2.11. The molecule has 0 aromatic heterocycles. The third kappa shape index (κ3) is 5.68. The van der Waals surface area contributed by atoms with Crippen LogP contribution in [0.15, 0.2) is 17.4 Å². The average molecular weight is 181 g/mol. The second-order valence-electron chi connectivity index (χ2n) is 4.38. The van der Waals surface area contributed by atoms with Gasteiger partial charge in [-0.25, -0.2) is 0 Å². The normalized spacial score (nSPS) is 12.9. The monoisotopic (exact) mass is 181 g/mol. The molecule has 76 valence electrons. The van der Waals surface area contributed by atoms with E-state index in [2.05, 4.69) is 39.5 Å². The van der Waals surface area contributed by atoms with Crippen molar-refractivity contribution in [2.75, 3.05) is 0 Å². The van der Waals surface area contributed by atoms with Crippen LogP contribution in [0.25, 0.3) is 0 Å². The molecule has 0 radical (unpaired) electrons. The summed E-state index contributed by atoms with van der Waals surface area (Å²) in [6, 6.07) is 0.128. The van der Waals surface area contributed by atoms with Gasteiger partial charge in [0.1, 0.15) is 0 Å². The molecular formula is C12H23N. The van der Waals surface area contributed by atoms with Crippen molar-refractivity contribution in [2.45, 2.75) is 47.1 Å². The lowest BCUT2D eigenvalue weighted by molar-refractivity contribution is 0.657. The Balaban J connectivity index is 4.44. The molecule has 0 spiro atoms. The maximum absolute atomic E-state index is 5.83. The lowest BCUT2D eigenvalue weighted by Gasteiger charge is -2.12. The third-order valence-electron chi connectivity index (χ3n) is 1.97. The molecule has 0 fully saturated rings. The van der Waals surface area contributed by atoms with E-state index in [9.17, 15) is 0 Å². The van der Waals surface area contributed by atoms with Crippen molar-refractivity contribution in [1.82, 2.24) is 0 Å². The number of hydrogen-bond donors (Lipinski definition) is 1. The van der Waals surface area contributed by atoms with E-state index in [1.807, 2.05) is 6.92 Å². The summed E-state index contributed by atoms with van der Waals surface area (Å²) in [6.45, 7) is 10.8. The fourth-order valence-electron chi connectivity index (χ4n) is 1.24. The van der Waals surface area contributed by atoms with Crippen LogP contribution in [0, 0.1) is 11.8 Å². The molecule has 0 aliphatic rings. The Labute approximate surface area is 82.7 Å². The standard InChI is InChI=1S/C12H23N/c1-9(2)7-6-8-12(10(3)4)11(5)13/h6,9-11H,7,13H2,1-5H3. The largest absolute Gasteiger partial charge is 0.324 e. The molecular weight excluding hydrogens is 158 g/mol. The van der Waals surface area contributed by atoms with Crippen LogP contribution in [-0.2, 0) is 0 Å². The van der Waals surface area contributed by atoms with E-state index in [1.54, 1.807) is 0 Å². The van der Waals surface area contributed by atoms with E-state index >= 15 is 0 Å². The number of hydrogen-bond acceptors (Lipinski definition) is 1. The van der Waals surface area contributed by atoms with Crippen LogP contribution in [-0.4, -0.2) is 6.04 Å². The van der Waals surface area contributed by atoms with Gasteiger partial charge in [0.2, 0.25) is 0 Å². The first-order valence-corrected chi connectivity index (χ1v) is 5.15. The van der Waals surface area contributed by atoms with E-state index in [0.717, 1.165) is 6.42 Å². The first-order chi connectivity index (χ1) is 5.95. The summed E-state index contributed by atoms with van der Waals surface area (Å²) >= 11 is 0. The lowest BCUT2D eigenvalue weighted by Crippen LogP contribution is -2.20. The molecule has 1 atom stereocenters. The SMILES string of the molecule is CC(C)CC=C=C(C(C)C)C(C)N. The van der Waals surface area contributed by atoms with Crippen LogP contribution >= 0.6 is 0 Å². The summed E-state index contributed by atoms with van der Waals surface area (Å²) in [4.78, 5) is 0. The topological polar surface area (TPSA) is 26.0 Å². The predicted molar refractivity (Wildman–Crippen MR) is 59.5 cm³/mol. The quantitative estimate of drug-likeness (QED) is 0.663. The molecule has 0 amide bonds. The van der Waals surface area contributed by atoms with Crippen molar-refractivity contribution < 1.29 is 0 Å². The molecule has 0 saturated heterocycles. The van der Waals surface area contributed by atoms with Crippen molar-refractivity contribution in [1.29, 1.82) is 0 Å². The van der Waals surface area contributed by atoms with Crippen molar-refractivity contribution in [3.05, 3.63) is 17.4 Å². The molecule has 0 aromatic carbocycles. The molecule has 0 rings (SSSR count). The summed E-state index contributed by atoms with van der Waals surface area (Å²) in [5.41, 5.74) is 10.4. The fourth-order valence-corrected chi connectivity index (χ4v) is 1.24. The summed E-state index contributed by atoms with van der Waals surface area (Å²) in [5.74, 6) is 1.21. The molecule has 0 bridgehead atoms. The predicted octanol–water partition coefficient (Wildman–Crippen LogP) is 3.12. The van der Waals surface area contributed by atoms with Crippen LogP contribution in [0.2, 0.25) is 0 Å². The molecule has 0 aromatic rings. The third-order valence-corrected chi connectivity index (χ3v) is 1.97. The minimum absolute atomic E-state index is 0.128. The summed E-state index contributed by atoms with van der Waals surface area (Å²) in [5, 5.41) is 0. The van der Waals surface area contributed by atoms with Gasteiger partial charge in [0.25, 0.3) is 0 Å². The van der Waals surface area contributed by atoms with Gasteiger partial charge in [0.15, 0.2) is 0 Å². The van der Waals surface area contributed by atoms with Crippen LogP contribution in [0.1, 0.15) is 41.0 Å². The molecule has 0 heterocycles. The van der Waals surface area contributed by atoms with Crippen LogP contribution in [0.4, 0.5) is 0 Å². The maximum atomic E-state index is 5.83. The van der Waals surface area contributed by atoms with Gasteiger partial charge >= 0.3 is 0 Å². The van der Waals surface area contributed by atoms with Gasteiger partial charge in [-0.1, -0.05) is 27.7 Å². The van der Waals surface area contributed by atoms with Crippen LogP contribution in [0.3, 0.4) is 0 Å². The minimum atomic E-state index is 0.128. The molecule has 0 aliphatic carbocycles. The van der Waals surface area contributed by atoms with Crippen molar-refractivity contribution in [2.24, 2.45) is 17.6 Å². The van der Waals surface area contributed by atoms with E-state index in [4.69, 9.17) is 5.73 Å². The zero-order chi connectivity index (χ0) is 10.4. The average Bonchev–Trinajstić information content (AvgIpc) is 1.95. The summed E-state index contributed by atoms with van der Waals surface area (Å²) < 4.78 is 0. The Bertz CT molecular complexity index is 183. The molecule has 13 heavy (non-hydrogen) atoms. The Morgan fingerprint density at radius 3 is 2.08 bits per heavy atom. The van der Waals surface area contributed by atoms with Crippen LogP contribution in [0.5, 0.6) is 0 Å².